The second kappa shape index (κ2) is 14.6. The Morgan fingerprint density at radius 1 is 0.895 bits per heavy atom. The van der Waals surface area contributed by atoms with Gasteiger partial charge in [0.1, 0.15) is 17.5 Å². The van der Waals surface area contributed by atoms with Gasteiger partial charge in [0, 0.05) is 87.0 Å². The van der Waals surface area contributed by atoms with E-state index in [4.69, 9.17) is 9.84 Å². The molecule has 1 saturated carbocycles. The number of benzene rings is 2. The number of carbonyl (C=O) groups is 4. The molecule has 294 valence electrons. The third-order valence-electron chi connectivity index (χ3n) is 12.5. The van der Waals surface area contributed by atoms with Crippen molar-refractivity contribution < 1.29 is 23.9 Å². The maximum absolute atomic E-state index is 13.4. The maximum Gasteiger partial charge on any atom is 0.276 e. The fraction of sp³-hybridized carbons (Fsp3) is 0.452. The summed E-state index contributed by atoms with van der Waals surface area (Å²) < 4.78 is 9.94. The Morgan fingerprint density at radius 3 is 2.54 bits per heavy atom. The number of imidazole rings is 1. The van der Waals surface area contributed by atoms with Gasteiger partial charge in [-0.15, -0.1) is 0 Å². The van der Waals surface area contributed by atoms with Gasteiger partial charge in [0.25, 0.3) is 11.8 Å². The average Bonchev–Trinajstić information content (AvgIpc) is 3.61. The molecule has 0 spiro atoms. The molecule has 15 heteroatoms. The summed E-state index contributed by atoms with van der Waals surface area (Å²) in [4.78, 5) is 61.6. The molecule has 2 aromatic carbocycles. The Morgan fingerprint density at radius 2 is 1.74 bits per heavy atom. The molecule has 0 radical (unpaired) electrons. The molecule has 1 atom stereocenters. The van der Waals surface area contributed by atoms with Crippen LogP contribution in [0, 0.1) is 11.8 Å². The van der Waals surface area contributed by atoms with E-state index in [0.717, 1.165) is 80.6 Å². The molecule has 4 amide bonds. The van der Waals surface area contributed by atoms with Gasteiger partial charge in [0.05, 0.1) is 23.9 Å². The van der Waals surface area contributed by atoms with Crippen molar-refractivity contribution in [2.24, 2.45) is 11.8 Å². The van der Waals surface area contributed by atoms with E-state index in [-0.39, 0.29) is 30.0 Å². The summed E-state index contributed by atoms with van der Waals surface area (Å²) in [6, 6.07) is 13.2. The van der Waals surface area contributed by atoms with Crippen LogP contribution >= 0.6 is 0 Å². The number of carbonyl (C=O) groups excluding carboxylic acids is 4. The highest BCUT2D eigenvalue weighted by molar-refractivity contribution is 6.06. The summed E-state index contributed by atoms with van der Waals surface area (Å²) >= 11 is 0. The van der Waals surface area contributed by atoms with E-state index in [0.29, 0.717) is 65.8 Å². The monoisotopic (exact) mass is 770 g/mol. The highest BCUT2D eigenvalue weighted by Crippen LogP contribution is 2.36. The fourth-order valence-electron chi connectivity index (χ4n) is 8.94. The number of amides is 4. The van der Waals surface area contributed by atoms with Gasteiger partial charge in [-0.1, -0.05) is 6.07 Å². The third-order valence-corrected chi connectivity index (χ3v) is 12.5. The van der Waals surface area contributed by atoms with Crippen molar-refractivity contribution in [1.82, 2.24) is 39.5 Å². The predicted molar refractivity (Wildman–Crippen MR) is 211 cm³/mol. The van der Waals surface area contributed by atoms with Crippen LogP contribution in [-0.4, -0.2) is 103 Å². The van der Waals surface area contributed by atoms with Crippen molar-refractivity contribution in [1.29, 1.82) is 0 Å². The molecule has 3 aromatic heterocycles. The minimum absolute atomic E-state index is 0.127. The first kappa shape index (κ1) is 35.6. The van der Waals surface area contributed by atoms with Crippen LogP contribution in [0.25, 0.3) is 16.6 Å². The fourth-order valence-corrected chi connectivity index (χ4v) is 8.94. The first-order valence-corrected chi connectivity index (χ1v) is 20.3. The molecule has 4 fully saturated rings. The van der Waals surface area contributed by atoms with E-state index in [1.165, 1.54) is 12.8 Å². The topological polar surface area (TPSA) is 159 Å². The number of likely N-dealkylation sites (tertiary alicyclic amines) is 1. The minimum Gasteiger partial charge on any atom is -0.491 e. The molecular weight excluding hydrogens is 725 g/mol. The van der Waals surface area contributed by atoms with Crippen LogP contribution in [0.3, 0.4) is 0 Å². The zero-order chi connectivity index (χ0) is 38.6. The Balaban J connectivity index is 0.739. The zero-order valence-corrected chi connectivity index (χ0v) is 31.8. The second-order valence-electron chi connectivity index (χ2n) is 16.4. The lowest BCUT2D eigenvalue weighted by Crippen LogP contribution is -2.52. The van der Waals surface area contributed by atoms with Gasteiger partial charge in [0.15, 0.2) is 5.65 Å². The van der Waals surface area contributed by atoms with Crippen molar-refractivity contribution in [3.63, 3.8) is 0 Å². The molecule has 1 aliphatic carbocycles. The molecule has 57 heavy (non-hydrogen) atoms. The van der Waals surface area contributed by atoms with Crippen LogP contribution in [0.4, 0.5) is 11.4 Å². The Labute approximate surface area is 329 Å². The SMILES string of the molecule is O=C1CCC(N2Cc3ccc(N4CCC(CN5CCC(n6cc7cc(NC(=O)c8ccc9nccn9n8)c(OCC8CC8)cc7n6)CC5)CC4)cc3C2=O)C(=O)N1. The Hall–Kier alpha value is -5.83. The van der Waals surface area contributed by atoms with Crippen molar-refractivity contribution in [3.8, 4) is 5.75 Å². The molecule has 15 nitrogen and oxygen atoms in total. The van der Waals surface area contributed by atoms with E-state index in [9.17, 15) is 19.2 Å². The van der Waals surface area contributed by atoms with Gasteiger partial charge in [-0.3, -0.25) is 29.2 Å². The number of hydrogen-bond donors (Lipinski definition) is 2. The number of aromatic nitrogens is 5. The lowest BCUT2D eigenvalue weighted by molar-refractivity contribution is -0.136. The quantitative estimate of drug-likeness (QED) is 0.195. The summed E-state index contributed by atoms with van der Waals surface area (Å²) in [6.45, 7) is 6.02. The molecule has 5 aromatic rings. The van der Waals surface area contributed by atoms with Gasteiger partial charge in [0.2, 0.25) is 11.8 Å². The smallest absolute Gasteiger partial charge is 0.276 e. The predicted octanol–water partition coefficient (Wildman–Crippen LogP) is 4.43. The number of hydrogen-bond acceptors (Lipinski definition) is 10. The maximum atomic E-state index is 13.4. The van der Waals surface area contributed by atoms with Gasteiger partial charge in [-0.05, 0) is 92.7 Å². The first-order valence-electron chi connectivity index (χ1n) is 20.3. The number of rotatable bonds is 10. The summed E-state index contributed by atoms with van der Waals surface area (Å²) in [5.74, 6) is 0.700. The van der Waals surface area contributed by atoms with E-state index in [1.807, 2.05) is 24.3 Å². The van der Waals surface area contributed by atoms with Crippen molar-refractivity contribution in [2.45, 2.75) is 70.0 Å². The summed E-state index contributed by atoms with van der Waals surface area (Å²) in [6.07, 6.45) is 12.6. The summed E-state index contributed by atoms with van der Waals surface area (Å²) in [5, 5.41) is 15.8. The molecule has 2 N–H and O–H groups in total. The number of piperidine rings is 3. The molecule has 4 aliphatic heterocycles. The molecule has 3 saturated heterocycles. The van der Waals surface area contributed by atoms with Crippen molar-refractivity contribution >= 4 is 51.6 Å². The number of nitrogens with one attached hydrogen (secondary N) is 2. The molecule has 10 rings (SSSR count). The molecular formula is C42H46N10O5. The van der Waals surface area contributed by atoms with Gasteiger partial charge in [-0.2, -0.15) is 10.2 Å². The van der Waals surface area contributed by atoms with E-state index < -0.39 is 6.04 Å². The molecule has 5 aliphatic rings. The number of ether oxygens (including phenoxy) is 1. The Kier molecular flexibility index (Phi) is 9.11. The highest BCUT2D eigenvalue weighted by Gasteiger charge is 2.39. The zero-order valence-electron chi connectivity index (χ0n) is 31.8. The lowest BCUT2D eigenvalue weighted by atomic mass is 9.94. The average molecular weight is 771 g/mol. The van der Waals surface area contributed by atoms with Crippen LogP contribution in [0.2, 0.25) is 0 Å². The standard InChI is InChI=1S/C42H46N10O5/c53-39-8-6-36(41(55)45-39)50-23-28-3-4-31(20-32(28)42(50)56)49-16-9-26(10-17-49)22-48-14-11-30(12-15-48)52-24-29-19-35(37(21-34(29)47-52)57-25-27-1-2-27)44-40(54)33-5-7-38-43-13-18-51(38)46-33/h3-5,7,13,18-21,24,26-27,30,36H,1-2,6,8-12,14-17,22-23,25H2,(H,44,54)(H,45,53,55). The van der Waals surface area contributed by atoms with Crippen LogP contribution in [0.15, 0.2) is 61.1 Å². The Bertz CT molecular complexity index is 2390. The second-order valence-corrected chi connectivity index (χ2v) is 16.4. The van der Waals surface area contributed by atoms with Crippen LogP contribution in [-0.2, 0) is 16.1 Å². The van der Waals surface area contributed by atoms with Crippen molar-refractivity contribution in [2.75, 3.05) is 49.5 Å². The van der Waals surface area contributed by atoms with E-state index in [2.05, 4.69) is 47.5 Å². The molecule has 7 heterocycles. The minimum atomic E-state index is -0.598. The van der Waals surface area contributed by atoms with Crippen molar-refractivity contribution in [3.05, 3.63) is 77.9 Å². The summed E-state index contributed by atoms with van der Waals surface area (Å²) in [5.41, 5.74) is 5.09. The third kappa shape index (κ3) is 7.20. The molecule has 1 unspecified atom stereocenters. The first-order chi connectivity index (χ1) is 27.8. The largest absolute Gasteiger partial charge is 0.491 e. The lowest BCUT2D eigenvalue weighted by Gasteiger charge is -2.38. The number of anilines is 2. The van der Waals surface area contributed by atoms with Crippen LogP contribution < -0.4 is 20.3 Å². The number of nitrogens with zero attached hydrogens (tertiary/aromatic N) is 8. The van der Waals surface area contributed by atoms with Crippen LogP contribution in [0.1, 0.15) is 83.8 Å². The number of imide groups is 1. The highest BCUT2D eigenvalue weighted by atomic mass is 16.5. The van der Waals surface area contributed by atoms with Gasteiger partial charge in [-0.25, -0.2) is 9.50 Å². The van der Waals surface area contributed by atoms with E-state index in [1.54, 1.807) is 33.9 Å². The van der Waals surface area contributed by atoms with E-state index >= 15 is 0 Å². The van der Waals surface area contributed by atoms with Gasteiger partial charge < -0.3 is 24.8 Å². The van der Waals surface area contributed by atoms with Gasteiger partial charge >= 0.3 is 0 Å². The summed E-state index contributed by atoms with van der Waals surface area (Å²) in [7, 11) is 0. The van der Waals surface area contributed by atoms with Crippen LogP contribution in [0.5, 0.6) is 5.75 Å². The number of fused-ring (bicyclic) bond motifs is 3. The molecule has 0 bridgehead atoms. The normalized spacial score (nSPS) is 21.1.